The highest BCUT2D eigenvalue weighted by molar-refractivity contribution is 7.86. The zero-order valence-corrected chi connectivity index (χ0v) is 22.4. The average Bonchev–Trinajstić information content (AvgIpc) is 2.86. The lowest BCUT2D eigenvalue weighted by Gasteiger charge is -2.13. The van der Waals surface area contributed by atoms with Crippen LogP contribution in [0.1, 0.15) is 22.8 Å². The van der Waals surface area contributed by atoms with Crippen molar-refractivity contribution in [1.29, 1.82) is 0 Å². The summed E-state index contributed by atoms with van der Waals surface area (Å²) in [4.78, 5) is 12.7. The number of carbonyl (C=O) groups is 1. The Hall–Kier alpha value is -3.70. The minimum Gasteiger partial charge on any atom is -0.505 e. The molecule has 1 amide bonds. The van der Waals surface area contributed by atoms with Crippen molar-refractivity contribution in [2.75, 3.05) is 11.9 Å². The Morgan fingerprint density at radius 3 is 2.47 bits per heavy atom. The van der Waals surface area contributed by atoms with E-state index in [9.17, 15) is 22.9 Å². The molecular weight excluding hydrogens is 553 g/mol. The van der Waals surface area contributed by atoms with Crippen molar-refractivity contribution >= 4 is 67.1 Å². The van der Waals surface area contributed by atoms with E-state index in [2.05, 4.69) is 15.5 Å². The van der Waals surface area contributed by atoms with Crippen LogP contribution in [0.15, 0.2) is 75.8 Å². The van der Waals surface area contributed by atoms with Crippen molar-refractivity contribution in [3.05, 3.63) is 81.8 Å². The van der Waals surface area contributed by atoms with Crippen LogP contribution >= 0.6 is 23.2 Å². The quantitative estimate of drug-likeness (QED) is 0.155. The van der Waals surface area contributed by atoms with E-state index in [-0.39, 0.29) is 32.7 Å². The van der Waals surface area contributed by atoms with E-state index in [4.69, 9.17) is 27.9 Å². The van der Waals surface area contributed by atoms with Gasteiger partial charge in [-0.3, -0.25) is 9.35 Å². The fourth-order valence-corrected chi connectivity index (χ4v) is 5.07. The summed E-state index contributed by atoms with van der Waals surface area (Å²) in [6, 6.07) is 15.9. The Bertz CT molecular complexity index is 1710. The second kappa shape index (κ2) is 11.0. The smallest absolute Gasteiger partial charge is 0.296 e. The van der Waals surface area contributed by atoms with Crippen molar-refractivity contribution in [2.24, 2.45) is 10.2 Å². The van der Waals surface area contributed by atoms with Gasteiger partial charge >= 0.3 is 0 Å². The molecule has 4 rings (SSSR count). The molecule has 4 aromatic rings. The predicted molar refractivity (Wildman–Crippen MR) is 146 cm³/mol. The number of azo groups is 1. The van der Waals surface area contributed by atoms with Gasteiger partial charge < -0.3 is 15.2 Å². The standard InChI is InChI=1S/C26H21Cl2N3O6S/c1-3-37-20-10-6-9-18(22(20)27)29-26(33)17-13-15-7-4-5-8-16(15)24(25(17)32)31-30-19-11-14(2)12-21(23(19)28)38(34,35)36/h4-13,32H,3H2,1-2H3,(H,29,33)(H,34,35,36). The van der Waals surface area contributed by atoms with Crippen molar-refractivity contribution < 1.29 is 27.6 Å². The topological polar surface area (TPSA) is 138 Å². The molecule has 0 aliphatic heterocycles. The molecule has 0 aromatic heterocycles. The van der Waals surface area contributed by atoms with E-state index in [0.717, 1.165) is 0 Å². The zero-order chi connectivity index (χ0) is 27.6. The summed E-state index contributed by atoms with van der Waals surface area (Å²) in [5.41, 5.74) is 0.516. The minimum absolute atomic E-state index is 0.0478. The number of amides is 1. The molecule has 0 atom stereocenters. The molecule has 38 heavy (non-hydrogen) atoms. The number of phenolic OH excluding ortho intramolecular Hbond substituents is 1. The first-order chi connectivity index (χ1) is 18.0. The summed E-state index contributed by atoms with van der Waals surface area (Å²) in [6.45, 7) is 3.78. The molecule has 0 unspecified atom stereocenters. The molecule has 3 N–H and O–H groups in total. The Morgan fingerprint density at radius 1 is 1.03 bits per heavy atom. The fraction of sp³-hybridized carbons (Fsp3) is 0.115. The Balaban J connectivity index is 1.80. The van der Waals surface area contributed by atoms with Crippen LogP contribution in [0.2, 0.25) is 10.0 Å². The van der Waals surface area contributed by atoms with Gasteiger partial charge in [0.1, 0.15) is 27.0 Å². The molecule has 0 heterocycles. The van der Waals surface area contributed by atoms with Crippen molar-refractivity contribution in [3.8, 4) is 11.5 Å². The third kappa shape index (κ3) is 5.58. The number of ether oxygens (including phenoxy) is 1. The van der Waals surface area contributed by atoms with Crippen LogP contribution < -0.4 is 10.1 Å². The maximum Gasteiger partial charge on any atom is 0.296 e. The number of hydrogen-bond acceptors (Lipinski definition) is 7. The molecule has 0 spiro atoms. The first kappa shape index (κ1) is 27.3. The highest BCUT2D eigenvalue weighted by Gasteiger charge is 2.21. The van der Waals surface area contributed by atoms with Gasteiger partial charge in [-0.25, -0.2) is 0 Å². The maximum atomic E-state index is 13.2. The van der Waals surface area contributed by atoms with Gasteiger partial charge in [-0.1, -0.05) is 53.5 Å². The van der Waals surface area contributed by atoms with Crippen LogP contribution in [0.25, 0.3) is 10.8 Å². The maximum absolute atomic E-state index is 13.2. The highest BCUT2D eigenvalue weighted by Crippen LogP contribution is 2.41. The van der Waals surface area contributed by atoms with E-state index < -0.39 is 26.7 Å². The number of rotatable bonds is 7. The third-order valence-electron chi connectivity index (χ3n) is 5.45. The Morgan fingerprint density at radius 2 is 1.76 bits per heavy atom. The van der Waals surface area contributed by atoms with Crippen LogP contribution in [-0.4, -0.2) is 30.6 Å². The van der Waals surface area contributed by atoms with Gasteiger partial charge in [0.05, 0.1) is 22.9 Å². The monoisotopic (exact) mass is 573 g/mol. The first-order valence-electron chi connectivity index (χ1n) is 11.2. The number of aryl methyl sites for hydroxylation is 1. The van der Waals surface area contributed by atoms with Gasteiger partial charge in [-0.05, 0) is 55.1 Å². The lowest BCUT2D eigenvalue weighted by atomic mass is 10.0. The number of carbonyl (C=O) groups excluding carboxylic acids is 1. The molecule has 196 valence electrons. The predicted octanol–water partition coefficient (Wildman–Crippen LogP) is 7.47. The lowest BCUT2D eigenvalue weighted by Crippen LogP contribution is -2.13. The number of benzene rings is 4. The summed E-state index contributed by atoms with van der Waals surface area (Å²) in [5, 5.41) is 22.8. The molecule has 0 radical (unpaired) electrons. The zero-order valence-electron chi connectivity index (χ0n) is 20.1. The molecule has 0 aliphatic carbocycles. The number of aromatic hydroxyl groups is 1. The van der Waals surface area contributed by atoms with Crippen LogP contribution in [-0.2, 0) is 10.1 Å². The van der Waals surface area contributed by atoms with E-state index in [1.54, 1.807) is 56.3 Å². The molecule has 12 heteroatoms. The summed E-state index contributed by atoms with van der Waals surface area (Å²) >= 11 is 12.5. The summed E-state index contributed by atoms with van der Waals surface area (Å²) < 4.78 is 38.4. The van der Waals surface area contributed by atoms with Gasteiger partial charge in [0, 0.05) is 5.39 Å². The highest BCUT2D eigenvalue weighted by atomic mass is 35.5. The SMILES string of the molecule is CCOc1cccc(NC(=O)c2cc3ccccc3c(N=Nc3cc(C)cc(S(=O)(=O)O)c3Cl)c2O)c1Cl. The molecule has 0 bridgehead atoms. The normalized spacial score (nSPS) is 11.7. The molecule has 9 nitrogen and oxygen atoms in total. The number of phenols is 1. The van der Waals surface area contributed by atoms with Crippen LogP contribution in [0.3, 0.4) is 0 Å². The number of hydrogen-bond donors (Lipinski definition) is 3. The van der Waals surface area contributed by atoms with Gasteiger partial charge in [0.25, 0.3) is 16.0 Å². The first-order valence-corrected chi connectivity index (χ1v) is 13.4. The van der Waals surface area contributed by atoms with Crippen LogP contribution in [0, 0.1) is 6.92 Å². The largest absolute Gasteiger partial charge is 0.505 e. The molecule has 0 fully saturated rings. The summed E-state index contributed by atoms with van der Waals surface area (Å²) in [6.07, 6.45) is 0. The summed E-state index contributed by atoms with van der Waals surface area (Å²) in [7, 11) is -4.62. The Labute approximate surface area is 228 Å². The molecule has 0 aliphatic rings. The third-order valence-corrected chi connectivity index (χ3v) is 7.23. The van der Waals surface area contributed by atoms with Gasteiger partial charge in [-0.2, -0.15) is 8.42 Å². The Kier molecular flexibility index (Phi) is 7.89. The van der Waals surface area contributed by atoms with Crippen LogP contribution in [0.5, 0.6) is 11.5 Å². The number of fused-ring (bicyclic) bond motifs is 1. The van der Waals surface area contributed by atoms with E-state index in [0.29, 0.717) is 28.7 Å². The number of nitrogens with zero attached hydrogens (tertiary/aromatic N) is 2. The minimum atomic E-state index is -4.62. The number of halogens is 2. The van der Waals surface area contributed by atoms with E-state index in [1.165, 1.54) is 18.2 Å². The molecule has 0 saturated carbocycles. The summed E-state index contributed by atoms with van der Waals surface area (Å²) in [5.74, 6) is -0.744. The molecule has 4 aromatic carbocycles. The number of nitrogens with one attached hydrogen (secondary N) is 1. The fourth-order valence-electron chi connectivity index (χ4n) is 3.74. The van der Waals surface area contributed by atoms with Gasteiger partial charge in [-0.15, -0.1) is 10.2 Å². The van der Waals surface area contributed by atoms with Crippen molar-refractivity contribution in [2.45, 2.75) is 18.7 Å². The van der Waals surface area contributed by atoms with Crippen LogP contribution in [0.4, 0.5) is 17.1 Å². The molecular formula is C26H21Cl2N3O6S. The molecule has 0 saturated heterocycles. The average molecular weight is 574 g/mol. The van der Waals surface area contributed by atoms with E-state index in [1.807, 2.05) is 0 Å². The van der Waals surface area contributed by atoms with Crippen molar-refractivity contribution in [1.82, 2.24) is 0 Å². The van der Waals surface area contributed by atoms with E-state index >= 15 is 0 Å². The second-order valence-electron chi connectivity index (χ2n) is 8.12. The van der Waals surface area contributed by atoms with Gasteiger partial charge in [0.15, 0.2) is 5.75 Å². The number of anilines is 1. The van der Waals surface area contributed by atoms with Gasteiger partial charge in [0.2, 0.25) is 0 Å². The second-order valence-corrected chi connectivity index (χ2v) is 10.3. The lowest BCUT2D eigenvalue weighted by molar-refractivity contribution is 0.102. The van der Waals surface area contributed by atoms with Crippen molar-refractivity contribution in [3.63, 3.8) is 0 Å².